The summed E-state index contributed by atoms with van der Waals surface area (Å²) in [6, 6.07) is 11.7. The fraction of sp³-hybridized carbons (Fsp3) is 0. The highest BCUT2D eigenvalue weighted by Gasteiger charge is 1.59. The Kier molecular flexibility index (Phi) is 10.1. The Hall–Kier alpha value is -3.15. The molecule has 0 bridgehead atoms. The van der Waals surface area contributed by atoms with Crippen LogP contribution < -0.4 is 0 Å². The molecule has 0 radical (unpaired) electrons. The largest absolute Gasteiger partial charge is 0.368 e. The standard InChI is InChI=1S/3C4H5N.C3H3N3/c3*1-2-4-5-3-1;1-4-2-6-3-5-1/h3*1-5H;1-3H. The van der Waals surface area contributed by atoms with E-state index in [1.165, 1.54) is 19.0 Å². The zero-order chi connectivity index (χ0) is 14.8. The maximum atomic E-state index is 3.56. The molecule has 0 unspecified atom stereocenters. The van der Waals surface area contributed by atoms with Crippen LogP contribution in [0.2, 0.25) is 0 Å². The van der Waals surface area contributed by atoms with Gasteiger partial charge in [-0.15, -0.1) is 0 Å². The van der Waals surface area contributed by atoms with Crippen LogP contribution in [-0.4, -0.2) is 29.9 Å². The van der Waals surface area contributed by atoms with Crippen LogP contribution >= 0.6 is 0 Å². The predicted molar refractivity (Wildman–Crippen MR) is 82.2 cm³/mol. The third-order valence-corrected chi connectivity index (χ3v) is 1.89. The summed E-state index contributed by atoms with van der Waals surface area (Å²) in [5, 5.41) is 0. The van der Waals surface area contributed by atoms with Gasteiger partial charge in [-0.2, -0.15) is 0 Å². The number of nitrogens with one attached hydrogen (secondary N) is 3. The van der Waals surface area contributed by atoms with Gasteiger partial charge in [-0.3, -0.25) is 0 Å². The molecule has 0 aliphatic rings. The van der Waals surface area contributed by atoms with Crippen molar-refractivity contribution in [1.82, 2.24) is 29.9 Å². The smallest absolute Gasteiger partial charge is 0.119 e. The molecule has 6 nitrogen and oxygen atoms in total. The highest BCUT2D eigenvalue weighted by Crippen LogP contribution is 1.73. The molecule has 21 heavy (non-hydrogen) atoms. The molecular formula is C15H18N6. The van der Waals surface area contributed by atoms with Crippen molar-refractivity contribution in [2.24, 2.45) is 0 Å². The van der Waals surface area contributed by atoms with Gasteiger partial charge in [0, 0.05) is 37.2 Å². The zero-order valence-electron chi connectivity index (χ0n) is 11.5. The van der Waals surface area contributed by atoms with Crippen LogP contribution in [0.5, 0.6) is 0 Å². The van der Waals surface area contributed by atoms with Crippen molar-refractivity contribution in [3.05, 3.63) is 92.6 Å². The highest BCUT2D eigenvalue weighted by atomic mass is 14.9. The molecule has 4 aromatic heterocycles. The lowest BCUT2D eigenvalue weighted by Crippen LogP contribution is -1.73. The summed E-state index contributed by atoms with van der Waals surface area (Å²) in [5.74, 6) is 0. The Morgan fingerprint density at radius 3 is 0.714 bits per heavy atom. The van der Waals surface area contributed by atoms with Crippen LogP contribution in [0.15, 0.2) is 92.6 Å². The lowest BCUT2D eigenvalue weighted by molar-refractivity contribution is 1.05. The minimum atomic E-state index is 1.44. The molecule has 0 amide bonds. The fourth-order valence-electron chi connectivity index (χ4n) is 1.04. The second-order valence-electron chi connectivity index (χ2n) is 3.45. The lowest BCUT2D eigenvalue weighted by Gasteiger charge is -1.69. The van der Waals surface area contributed by atoms with Gasteiger partial charge in [0.05, 0.1) is 0 Å². The fourth-order valence-corrected chi connectivity index (χ4v) is 1.04. The van der Waals surface area contributed by atoms with Crippen LogP contribution in [-0.2, 0) is 0 Å². The maximum Gasteiger partial charge on any atom is 0.119 e. The number of hydrogen-bond donors (Lipinski definition) is 3. The van der Waals surface area contributed by atoms with Crippen LogP contribution in [0.25, 0.3) is 0 Å². The van der Waals surface area contributed by atoms with E-state index in [0.717, 1.165) is 0 Å². The molecule has 0 spiro atoms. The van der Waals surface area contributed by atoms with E-state index in [2.05, 4.69) is 29.9 Å². The first kappa shape index (κ1) is 15.9. The van der Waals surface area contributed by atoms with E-state index in [9.17, 15) is 0 Å². The zero-order valence-corrected chi connectivity index (χ0v) is 11.5. The SMILES string of the molecule is c1cc[nH]c1.c1cc[nH]c1.c1cc[nH]c1.c1ncncn1. The average molecular weight is 282 g/mol. The van der Waals surface area contributed by atoms with Crippen LogP contribution in [0.4, 0.5) is 0 Å². The first-order valence-electron chi connectivity index (χ1n) is 6.28. The molecule has 0 saturated heterocycles. The van der Waals surface area contributed by atoms with Gasteiger partial charge in [-0.1, -0.05) is 0 Å². The average Bonchev–Trinajstić information content (AvgIpc) is 3.38. The van der Waals surface area contributed by atoms with Crippen molar-refractivity contribution in [1.29, 1.82) is 0 Å². The molecule has 0 saturated carbocycles. The molecule has 4 heterocycles. The molecule has 0 fully saturated rings. The van der Waals surface area contributed by atoms with Crippen molar-refractivity contribution in [2.45, 2.75) is 0 Å². The van der Waals surface area contributed by atoms with Crippen molar-refractivity contribution in [3.63, 3.8) is 0 Å². The quantitative estimate of drug-likeness (QED) is 0.463. The van der Waals surface area contributed by atoms with Gasteiger partial charge in [0.25, 0.3) is 0 Å². The second-order valence-corrected chi connectivity index (χ2v) is 3.45. The molecular weight excluding hydrogens is 264 g/mol. The third kappa shape index (κ3) is 11.7. The molecule has 6 heteroatoms. The minimum Gasteiger partial charge on any atom is -0.368 e. The first-order chi connectivity index (χ1) is 10.5. The summed E-state index contributed by atoms with van der Waals surface area (Å²) in [6.45, 7) is 0. The molecule has 4 aromatic rings. The Morgan fingerprint density at radius 1 is 0.381 bits per heavy atom. The Labute approximate surface area is 123 Å². The normalized spacial score (nSPS) is 8.00. The number of aromatic nitrogens is 6. The molecule has 0 aromatic carbocycles. The molecule has 3 N–H and O–H groups in total. The van der Waals surface area contributed by atoms with Gasteiger partial charge in [0.1, 0.15) is 19.0 Å². The summed E-state index contributed by atoms with van der Waals surface area (Å²) in [7, 11) is 0. The molecule has 108 valence electrons. The van der Waals surface area contributed by atoms with E-state index in [1.54, 1.807) is 0 Å². The molecule has 0 aliphatic carbocycles. The monoisotopic (exact) mass is 282 g/mol. The van der Waals surface area contributed by atoms with E-state index in [4.69, 9.17) is 0 Å². The lowest BCUT2D eigenvalue weighted by atomic mass is 10.7. The number of H-pyrrole nitrogens is 3. The van der Waals surface area contributed by atoms with Gasteiger partial charge >= 0.3 is 0 Å². The Bertz CT molecular complexity index is 417. The van der Waals surface area contributed by atoms with Crippen molar-refractivity contribution >= 4 is 0 Å². The second kappa shape index (κ2) is 13.3. The summed E-state index contributed by atoms with van der Waals surface area (Å²) < 4.78 is 0. The van der Waals surface area contributed by atoms with Gasteiger partial charge in [-0.25, -0.2) is 15.0 Å². The molecule has 0 aliphatic heterocycles. The number of rotatable bonds is 0. The number of nitrogens with zero attached hydrogens (tertiary/aromatic N) is 3. The third-order valence-electron chi connectivity index (χ3n) is 1.89. The summed E-state index contributed by atoms with van der Waals surface area (Å²) in [6.07, 6.45) is 15.6. The number of aromatic amines is 3. The molecule has 0 atom stereocenters. The van der Waals surface area contributed by atoms with Gasteiger partial charge in [-0.05, 0) is 36.4 Å². The van der Waals surface area contributed by atoms with E-state index in [1.807, 2.05) is 73.6 Å². The summed E-state index contributed by atoms with van der Waals surface area (Å²) in [4.78, 5) is 19.3. The summed E-state index contributed by atoms with van der Waals surface area (Å²) in [5.41, 5.74) is 0. The van der Waals surface area contributed by atoms with Crippen molar-refractivity contribution < 1.29 is 0 Å². The topological polar surface area (TPSA) is 86.0 Å². The van der Waals surface area contributed by atoms with E-state index in [-0.39, 0.29) is 0 Å². The molecule has 4 rings (SSSR count). The van der Waals surface area contributed by atoms with Gasteiger partial charge in [0.2, 0.25) is 0 Å². The Balaban J connectivity index is 0.000000140. The van der Waals surface area contributed by atoms with Crippen LogP contribution in [0, 0.1) is 0 Å². The highest BCUT2D eigenvalue weighted by molar-refractivity contribution is 4.85. The number of hydrogen-bond acceptors (Lipinski definition) is 3. The maximum absolute atomic E-state index is 3.56. The van der Waals surface area contributed by atoms with Crippen molar-refractivity contribution in [2.75, 3.05) is 0 Å². The van der Waals surface area contributed by atoms with E-state index >= 15 is 0 Å². The predicted octanol–water partition coefficient (Wildman–Crippen LogP) is 2.92. The van der Waals surface area contributed by atoms with E-state index in [0.29, 0.717) is 0 Å². The van der Waals surface area contributed by atoms with Gasteiger partial charge in [0.15, 0.2) is 0 Å². The van der Waals surface area contributed by atoms with Crippen LogP contribution in [0.3, 0.4) is 0 Å². The van der Waals surface area contributed by atoms with E-state index < -0.39 is 0 Å². The van der Waals surface area contributed by atoms with Gasteiger partial charge < -0.3 is 15.0 Å². The summed E-state index contributed by atoms with van der Waals surface area (Å²) >= 11 is 0. The minimum absolute atomic E-state index is 1.44. The Morgan fingerprint density at radius 2 is 0.619 bits per heavy atom. The van der Waals surface area contributed by atoms with Crippen molar-refractivity contribution in [3.8, 4) is 0 Å². The van der Waals surface area contributed by atoms with Crippen LogP contribution in [0.1, 0.15) is 0 Å². The first-order valence-corrected chi connectivity index (χ1v) is 6.28.